The first kappa shape index (κ1) is 26.0. The van der Waals surface area contributed by atoms with Crippen LogP contribution < -0.4 is 5.32 Å². The molecule has 0 radical (unpaired) electrons. The van der Waals surface area contributed by atoms with Crippen LogP contribution in [0.2, 0.25) is 0 Å². The maximum absolute atomic E-state index is 14.0. The third kappa shape index (κ3) is 4.89. The van der Waals surface area contributed by atoms with Gasteiger partial charge in [-0.25, -0.2) is 0 Å². The zero-order chi connectivity index (χ0) is 23.8. The Bertz CT molecular complexity index is 841. The Labute approximate surface area is 185 Å². The molecule has 1 amide bonds. The summed E-state index contributed by atoms with van der Waals surface area (Å²) in [5.41, 5.74) is -5.65. The Morgan fingerprint density at radius 3 is 2.06 bits per heavy atom. The number of alkyl halides is 6. The zero-order valence-corrected chi connectivity index (χ0v) is 20.1. The van der Waals surface area contributed by atoms with E-state index in [0.29, 0.717) is 22.1 Å². The third-order valence-electron chi connectivity index (χ3n) is 4.71. The van der Waals surface area contributed by atoms with Crippen LogP contribution in [-0.2, 0) is 13.5 Å². The first-order valence-electron chi connectivity index (χ1n) is 9.71. The summed E-state index contributed by atoms with van der Waals surface area (Å²) in [7, 11) is 0. The van der Waals surface area contributed by atoms with Gasteiger partial charge in [0.2, 0.25) is 0 Å². The normalized spacial score (nSPS) is 18.5. The molecule has 2 rings (SSSR count). The molecule has 0 atom stereocenters. The number of unbranched alkanes of at least 4 members (excludes halogenated alkanes) is 1. The Kier molecular flexibility index (Phi) is 7.46. The van der Waals surface area contributed by atoms with Crippen molar-refractivity contribution in [1.82, 2.24) is 5.32 Å². The first-order valence-corrected chi connectivity index (χ1v) is 12.8. The van der Waals surface area contributed by atoms with E-state index in [9.17, 15) is 31.1 Å². The van der Waals surface area contributed by atoms with Crippen LogP contribution >= 0.6 is 20.2 Å². The first-order chi connectivity index (χ1) is 14.1. The van der Waals surface area contributed by atoms with Gasteiger partial charge >= 0.3 is 186 Å². The maximum atomic E-state index is 14.0. The van der Waals surface area contributed by atoms with Crippen molar-refractivity contribution in [2.45, 2.75) is 71.8 Å². The molecule has 1 N–H and O–H groups in total. The molecule has 0 aromatic heterocycles. The van der Waals surface area contributed by atoms with Crippen molar-refractivity contribution >= 4 is 26.1 Å². The second kappa shape index (κ2) is 8.92. The molecule has 10 heteroatoms. The van der Waals surface area contributed by atoms with Gasteiger partial charge in [0.1, 0.15) is 0 Å². The molecule has 176 valence electrons. The second-order valence-corrected chi connectivity index (χ2v) is 12.6. The number of amides is 1. The number of carbonyl (C=O) groups excluding carboxylic acids is 1. The van der Waals surface area contributed by atoms with Gasteiger partial charge in [0.15, 0.2) is 0 Å². The van der Waals surface area contributed by atoms with E-state index >= 15 is 0 Å². The van der Waals surface area contributed by atoms with Crippen molar-refractivity contribution in [1.29, 1.82) is 0 Å². The second-order valence-electron chi connectivity index (χ2n) is 8.30. The third-order valence-corrected chi connectivity index (χ3v) is 10.1. The zero-order valence-electron chi connectivity index (χ0n) is 17.9. The van der Waals surface area contributed by atoms with Gasteiger partial charge in [-0.05, 0) is 0 Å². The molecule has 1 aromatic carbocycles. The van der Waals surface area contributed by atoms with Crippen LogP contribution in [0.5, 0.6) is 0 Å². The molecule has 1 aliphatic heterocycles. The van der Waals surface area contributed by atoms with E-state index in [2.05, 4.69) is 5.32 Å². The summed E-state index contributed by atoms with van der Waals surface area (Å²) in [5, 5.41) is 2.68. The molecule has 1 aromatic rings. The van der Waals surface area contributed by atoms with Gasteiger partial charge in [-0.3, -0.25) is 0 Å². The van der Waals surface area contributed by atoms with Gasteiger partial charge in [0.25, 0.3) is 0 Å². The van der Waals surface area contributed by atoms with Crippen LogP contribution in [0, 0.1) is 8.99 Å². The van der Waals surface area contributed by atoms with Crippen LogP contribution in [0.4, 0.5) is 26.3 Å². The molecule has 0 spiro atoms. The van der Waals surface area contributed by atoms with Gasteiger partial charge in [-0.2, -0.15) is 0 Å². The Hall–Kier alpha value is -1.30. The summed E-state index contributed by atoms with van der Waals surface area (Å²) in [4.78, 5) is 11.9. The van der Waals surface area contributed by atoms with E-state index in [0.717, 1.165) is 12.1 Å². The van der Waals surface area contributed by atoms with Crippen molar-refractivity contribution in [2.24, 2.45) is 5.41 Å². The van der Waals surface area contributed by atoms with Gasteiger partial charge < -0.3 is 0 Å². The van der Waals surface area contributed by atoms with Gasteiger partial charge in [0, 0.05) is 0 Å². The number of nitrogens with one attached hydrogen (secondary N) is 1. The number of fused-ring (bicyclic) bond motifs is 1. The predicted octanol–water partition coefficient (Wildman–Crippen LogP) is 7.21. The molecule has 0 saturated carbocycles. The van der Waals surface area contributed by atoms with E-state index in [1.807, 2.05) is 6.92 Å². The van der Waals surface area contributed by atoms with Crippen molar-refractivity contribution in [2.75, 3.05) is 0 Å². The number of carbonyl (C=O) groups is 1. The number of rotatable bonds is 5. The Morgan fingerprint density at radius 1 is 1.06 bits per heavy atom. The van der Waals surface area contributed by atoms with Gasteiger partial charge in [-0.1, -0.05) is 0 Å². The summed E-state index contributed by atoms with van der Waals surface area (Å²) in [6, 6.07) is 4.71. The monoisotopic (exact) mass is 565 g/mol. The standard InChI is InChI=1S/C21H26F6INO2/c1-6-7-11-16(17(18(3,4)5)29-13(2)30)28-15-12-9-8-10-14(15)19(31-28,20(22,23)24)21(25,26)27/h8-10,12H,6-7,11H2,1-5H3,(H,29,30)/b17-16+. The summed E-state index contributed by atoms with van der Waals surface area (Å²) in [6.07, 6.45) is -9.93. The fourth-order valence-electron chi connectivity index (χ4n) is 3.29. The van der Waals surface area contributed by atoms with E-state index in [-0.39, 0.29) is 9.99 Å². The number of hydrogen-bond donors (Lipinski definition) is 1. The molecule has 0 bridgehead atoms. The summed E-state index contributed by atoms with van der Waals surface area (Å²) in [6.45, 7) is 8.39. The van der Waals surface area contributed by atoms with Crippen molar-refractivity contribution < 1.29 is 34.2 Å². The van der Waals surface area contributed by atoms with E-state index in [1.54, 1.807) is 20.8 Å². The Balaban J connectivity index is 2.86. The van der Waals surface area contributed by atoms with Crippen LogP contribution in [0.3, 0.4) is 0 Å². The molecule has 0 fully saturated rings. The predicted molar refractivity (Wildman–Crippen MR) is 114 cm³/mol. The molecule has 0 saturated heterocycles. The number of hydrogen-bond acceptors (Lipinski definition) is 2. The number of benzene rings is 1. The summed E-state index contributed by atoms with van der Waals surface area (Å²) >= 11 is -3.68. The SMILES string of the molecule is CCCC/C(=C(\NC(C)=O)C(C)(C)C)I1OC(C(F)(F)F)(C(F)(F)F)c2ccccc21. The molecule has 0 aliphatic carbocycles. The van der Waals surface area contributed by atoms with Crippen molar-refractivity contribution in [3.05, 3.63) is 42.7 Å². The number of allylic oxidation sites excluding steroid dienone is 2. The molecule has 31 heavy (non-hydrogen) atoms. The quantitative estimate of drug-likeness (QED) is 0.303. The molecular weight excluding hydrogens is 539 g/mol. The average molecular weight is 565 g/mol. The topological polar surface area (TPSA) is 38.3 Å². The van der Waals surface area contributed by atoms with E-state index in [4.69, 9.17) is 3.07 Å². The van der Waals surface area contributed by atoms with Crippen molar-refractivity contribution in [3.8, 4) is 0 Å². The molecule has 0 unspecified atom stereocenters. The van der Waals surface area contributed by atoms with Crippen LogP contribution in [0.15, 0.2) is 33.5 Å². The van der Waals surface area contributed by atoms with Gasteiger partial charge in [0.05, 0.1) is 0 Å². The number of halogens is 7. The summed E-state index contributed by atoms with van der Waals surface area (Å²) in [5.74, 6) is -0.444. The fraction of sp³-hybridized carbons (Fsp3) is 0.571. The molecule has 1 heterocycles. The average Bonchev–Trinajstić information content (AvgIpc) is 2.96. The van der Waals surface area contributed by atoms with Crippen molar-refractivity contribution in [3.63, 3.8) is 0 Å². The van der Waals surface area contributed by atoms with Crippen LogP contribution in [0.1, 0.15) is 59.4 Å². The van der Waals surface area contributed by atoms with Crippen LogP contribution in [-0.4, -0.2) is 18.3 Å². The van der Waals surface area contributed by atoms with E-state index < -0.39 is 55.1 Å². The minimum absolute atomic E-state index is 0.0421. The minimum atomic E-state index is -5.70. The summed E-state index contributed by atoms with van der Waals surface area (Å²) < 4.78 is 89.6. The fourth-order valence-corrected chi connectivity index (χ4v) is 9.81. The van der Waals surface area contributed by atoms with Gasteiger partial charge in [-0.15, -0.1) is 0 Å². The van der Waals surface area contributed by atoms with E-state index in [1.165, 1.54) is 19.1 Å². The molecule has 3 nitrogen and oxygen atoms in total. The molecular formula is C21H26F6INO2. The Morgan fingerprint density at radius 2 is 1.61 bits per heavy atom. The molecule has 1 aliphatic rings. The van der Waals surface area contributed by atoms with Crippen LogP contribution in [0.25, 0.3) is 0 Å².